The summed E-state index contributed by atoms with van der Waals surface area (Å²) in [6.07, 6.45) is 1.50. The van der Waals surface area contributed by atoms with E-state index in [9.17, 15) is 4.79 Å². The topological polar surface area (TPSA) is 49.6 Å². The average Bonchev–Trinajstić information content (AvgIpc) is 2.25. The third-order valence-electron chi connectivity index (χ3n) is 3.08. The molecule has 0 heterocycles. The molecule has 4 heteroatoms. The Bertz CT molecular complexity index is 219. The van der Waals surface area contributed by atoms with Crippen LogP contribution in [0.5, 0.6) is 0 Å². The second kappa shape index (κ2) is 8.48. The SMILES string of the molecule is CCN(C(=O)CCC(C)CN)C(C)CN(C)C. The number of hydrogen-bond donors (Lipinski definition) is 1. The number of amides is 1. The molecule has 2 N–H and O–H groups in total. The molecule has 0 aromatic heterocycles. The van der Waals surface area contributed by atoms with Gasteiger partial charge in [-0.25, -0.2) is 0 Å². The van der Waals surface area contributed by atoms with Gasteiger partial charge in [0.1, 0.15) is 0 Å². The van der Waals surface area contributed by atoms with Crippen LogP contribution in [0.1, 0.15) is 33.6 Å². The van der Waals surface area contributed by atoms with Crippen molar-refractivity contribution >= 4 is 5.91 Å². The van der Waals surface area contributed by atoms with Crippen molar-refractivity contribution in [1.82, 2.24) is 9.80 Å². The van der Waals surface area contributed by atoms with Crippen molar-refractivity contribution in [2.24, 2.45) is 11.7 Å². The number of nitrogens with two attached hydrogens (primary N) is 1. The smallest absolute Gasteiger partial charge is 0.222 e. The first-order valence-electron chi connectivity index (χ1n) is 6.56. The summed E-state index contributed by atoms with van der Waals surface area (Å²) in [6.45, 7) is 8.58. The molecule has 0 saturated heterocycles. The number of likely N-dealkylation sites (N-methyl/N-ethyl adjacent to an activating group) is 2. The van der Waals surface area contributed by atoms with E-state index < -0.39 is 0 Å². The van der Waals surface area contributed by atoms with Crippen LogP contribution >= 0.6 is 0 Å². The average molecular weight is 243 g/mol. The molecular formula is C13H29N3O. The molecule has 0 aliphatic carbocycles. The van der Waals surface area contributed by atoms with Crippen molar-refractivity contribution in [3.8, 4) is 0 Å². The van der Waals surface area contributed by atoms with E-state index in [1.54, 1.807) is 0 Å². The van der Waals surface area contributed by atoms with Gasteiger partial charge in [-0.15, -0.1) is 0 Å². The lowest BCUT2D eigenvalue weighted by atomic mass is 10.1. The Kier molecular flexibility index (Phi) is 8.17. The van der Waals surface area contributed by atoms with Gasteiger partial charge in [0.25, 0.3) is 0 Å². The molecule has 0 aliphatic rings. The van der Waals surface area contributed by atoms with E-state index in [-0.39, 0.29) is 11.9 Å². The molecule has 2 atom stereocenters. The van der Waals surface area contributed by atoms with Crippen molar-refractivity contribution in [3.63, 3.8) is 0 Å². The predicted octanol–water partition coefficient (Wildman–Crippen LogP) is 1.16. The van der Waals surface area contributed by atoms with Crippen molar-refractivity contribution in [3.05, 3.63) is 0 Å². The fourth-order valence-corrected chi connectivity index (χ4v) is 1.99. The molecule has 0 rings (SSSR count). The molecule has 1 amide bonds. The Morgan fingerprint density at radius 3 is 2.29 bits per heavy atom. The van der Waals surface area contributed by atoms with Crippen LogP contribution in [0.25, 0.3) is 0 Å². The summed E-state index contributed by atoms with van der Waals surface area (Å²) in [5.41, 5.74) is 5.56. The first-order chi connectivity index (χ1) is 7.92. The van der Waals surface area contributed by atoms with Crippen molar-refractivity contribution in [1.29, 1.82) is 0 Å². The highest BCUT2D eigenvalue weighted by Gasteiger charge is 2.18. The lowest BCUT2D eigenvalue weighted by Gasteiger charge is -2.30. The molecule has 0 aromatic rings. The molecule has 0 aliphatic heterocycles. The van der Waals surface area contributed by atoms with Crippen LogP contribution in [0, 0.1) is 5.92 Å². The molecule has 102 valence electrons. The maximum Gasteiger partial charge on any atom is 0.222 e. The number of carbonyl (C=O) groups excluding carboxylic acids is 1. The van der Waals surface area contributed by atoms with Gasteiger partial charge in [0, 0.05) is 25.6 Å². The van der Waals surface area contributed by atoms with Crippen LogP contribution in [0.15, 0.2) is 0 Å². The van der Waals surface area contributed by atoms with E-state index in [2.05, 4.69) is 18.7 Å². The Hall–Kier alpha value is -0.610. The van der Waals surface area contributed by atoms with E-state index in [1.165, 1.54) is 0 Å². The Morgan fingerprint density at radius 2 is 1.88 bits per heavy atom. The van der Waals surface area contributed by atoms with Gasteiger partial charge < -0.3 is 15.5 Å². The highest BCUT2D eigenvalue weighted by Crippen LogP contribution is 2.09. The van der Waals surface area contributed by atoms with Crippen LogP contribution in [0.3, 0.4) is 0 Å². The zero-order valence-corrected chi connectivity index (χ0v) is 12.1. The van der Waals surface area contributed by atoms with Crippen LogP contribution in [0.2, 0.25) is 0 Å². The molecule has 0 fully saturated rings. The van der Waals surface area contributed by atoms with Crippen molar-refractivity contribution in [2.75, 3.05) is 33.7 Å². The molecule has 2 unspecified atom stereocenters. The van der Waals surface area contributed by atoms with Gasteiger partial charge in [0.15, 0.2) is 0 Å². The standard InChI is InChI=1S/C13H29N3O/c1-6-16(12(3)10-15(4)5)13(17)8-7-11(2)9-14/h11-12H,6-10,14H2,1-5H3. The van der Waals surface area contributed by atoms with Gasteiger partial charge in [-0.05, 0) is 46.8 Å². The molecule has 0 spiro atoms. The zero-order valence-electron chi connectivity index (χ0n) is 12.1. The highest BCUT2D eigenvalue weighted by atomic mass is 16.2. The predicted molar refractivity (Wildman–Crippen MR) is 72.9 cm³/mol. The molecule has 0 aromatic carbocycles. The van der Waals surface area contributed by atoms with Crippen molar-refractivity contribution in [2.45, 2.75) is 39.7 Å². The Labute approximate surface area is 106 Å². The molecule has 0 saturated carbocycles. The molecule has 4 nitrogen and oxygen atoms in total. The summed E-state index contributed by atoms with van der Waals surface area (Å²) in [5, 5.41) is 0. The minimum atomic E-state index is 0.252. The van der Waals surface area contributed by atoms with Crippen molar-refractivity contribution < 1.29 is 4.79 Å². The summed E-state index contributed by atoms with van der Waals surface area (Å²) in [6, 6.07) is 0.274. The largest absolute Gasteiger partial charge is 0.339 e. The monoisotopic (exact) mass is 243 g/mol. The Morgan fingerprint density at radius 1 is 1.29 bits per heavy atom. The Balaban J connectivity index is 4.20. The van der Waals surface area contributed by atoms with E-state index in [1.807, 2.05) is 25.9 Å². The molecular weight excluding hydrogens is 214 g/mol. The minimum Gasteiger partial charge on any atom is -0.339 e. The molecule has 0 radical (unpaired) electrons. The van der Waals surface area contributed by atoms with E-state index in [0.717, 1.165) is 19.5 Å². The van der Waals surface area contributed by atoms with Crippen LogP contribution in [0.4, 0.5) is 0 Å². The lowest BCUT2D eigenvalue weighted by Crippen LogP contribution is -2.43. The van der Waals surface area contributed by atoms with Gasteiger partial charge in [-0.1, -0.05) is 6.92 Å². The summed E-state index contributed by atoms with van der Waals surface area (Å²) in [4.78, 5) is 16.2. The van der Waals surface area contributed by atoms with Gasteiger partial charge in [-0.3, -0.25) is 4.79 Å². The number of hydrogen-bond acceptors (Lipinski definition) is 3. The lowest BCUT2D eigenvalue weighted by molar-refractivity contribution is -0.133. The second-order valence-corrected chi connectivity index (χ2v) is 5.17. The molecule has 17 heavy (non-hydrogen) atoms. The first-order valence-corrected chi connectivity index (χ1v) is 6.56. The third kappa shape index (κ3) is 6.64. The fraction of sp³-hybridized carbons (Fsp3) is 0.923. The number of carbonyl (C=O) groups is 1. The third-order valence-corrected chi connectivity index (χ3v) is 3.08. The minimum absolute atomic E-state index is 0.252. The number of rotatable bonds is 8. The highest BCUT2D eigenvalue weighted by molar-refractivity contribution is 5.76. The van der Waals surface area contributed by atoms with Gasteiger partial charge in [-0.2, -0.15) is 0 Å². The number of nitrogens with zero attached hydrogens (tertiary/aromatic N) is 2. The van der Waals surface area contributed by atoms with Crippen LogP contribution < -0.4 is 5.73 Å². The van der Waals surface area contributed by atoms with Gasteiger partial charge in [0.05, 0.1) is 0 Å². The van der Waals surface area contributed by atoms with E-state index in [4.69, 9.17) is 5.73 Å². The second-order valence-electron chi connectivity index (χ2n) is 5.17. The maximum absolute atomic E-state index is 12.1. The fourth-order valence-electron chi connectivity index (χ4n) is 1.99. The maximum atomic E-state index is 12.1. The summed E-state index contributed by atoms with van der Waals surface area (Å²) >= 11 is 0. The summed E-state index contributed by atoms with van der Waals surface area (Å²) in [7, 11) is 4.07. The quantitative estimate of drug-likeness (QED) is 0.696. The van der Waals surface area contributed by atoms with Gasteiger partial charge in [0.2, 0.25) is 5.91 Å². The van der Waals surface area contributed by atoms with Gasteiger partial charge >= 0.3 is 0 Å². The summed E-state index contributed by atoms with van der Waals surface area (Å²) in [5.74, 6) is 0.684. The summed E-state index contributed by atoms with van der Waals surface area (Å²) < 4.78 is 0. The first kappa shape index (κ1) is 16.4. The van der Waals surface area contributed by atoms with E-state index >= 15 is 0 Å². The van der Waals surface area contributed by atoms with Crippen LogP contribution in [-0.4, -0.2) is 55.5 Å². The molecule has 0 bridgehead atoms. The van der Waals surface area contributed by atoms with Crippen LogP contribution in [-0.2, 0) is 4.79 Å². The normalized spacial score (nSPS) is 14.8. The zero-order chi connectivity index (χ0) is 13.4. The van der Waals surface area contributed by atoms with E-state index in [0.29, 0.717) is 18.9 Å².